The highest BCUT2D eigenvalue weighted by Gasteiger charge is 2.16. The first-order chi connectivity index (χ1) is 9.41. The summed E-state index contributed by atoms with van der Waals surface area (Å²) in [4.78, 5) is 12.2. The molecule has 0 aliphatic rings. The van der Waals surface area contributed by atoms with E-state index in [9.17, 15) is 4.79 Å². The van der Waals surface area contributed by atoms with Gasteiger partial charge in [-0.25, -0.2) is 0 Å². The normalized spacial score (nSPS) is 12.7. The fraction of sp³-hybridized carbons (Fsp3) is 0.588. The summed E-state index contributed by atoms with van der Waals surface area (Å²) in [7, 11) is 0. The third-order valence-electron chi connectivity index (χ3n) is 3.21. The Morgan fingerprint density at radius 2 is 1.80 bits per heavy atom. The van der Waals surface area contributed by atoms with Crippen molar-refractivity contribution in [3.05, 3.63) is 34.9 Å². The number of benzene rings is 1. The zero-order valence-corrected chi connectivity index (χ0v) is 13.2. The van der Waals surface area contributed by atoms with Gasteiger partial charge >= 0.3 is 0 Å². The minimum absolute atomic E-state index is 0.0250. The van der Waals surface area contributed by atoms with E-state index < -0.39 is 6.10 Å². The number of rotatable bonds is 8. The second-order valence-electron chi connectivity index (χ2n) is 5.65. The molecule has 20 heavy (non-hydrogen) atoms. The Kier molecular flexibility index (Phi) is 6.89. The molecule has 0 saturated heterocycles. The lowest BCUT2D eigenvalue weighted by Crippen LogP contribution is -2.23. The lowest BCUT2D eigenvalue weighted by molar-refractivity contribution is 0.00970. The monoisotopic (exact) mass is 278 g/mol. The molecule has 0 N–H and O–H groups in total. The van der Waals surface area contributed by atoms with Crippen LogP contribution in [0.15, 0.2) is 18.2 Å². The van der Waals surface area contributed by atoms with Crippen LogP contribution in [0.3, 0.4) is 0 Å². The molecule has 1 aromatic carbocycles. The van der Waals surface area contributed by atoms with E-state index in [0.29, 0.717) is 24.7 Å². The lowest BCUT2D eigenvalue weighted by atomic mass is 10.0. The van der Waals surface area contributed by atoms with Crippen molar-refractivity contribution in [1.29, 1.82) is 0 Å². The van der Waals surface area contributed by atoms with Gasteiger partial charge < -0.3 is 9.47 Å². The molecule has 112 valence electrons. The van der Waals surface area contributed by atoms with Crippen molar-refractivity contribution in [2.45, 2.75) is 40.7 Å². The van der Waals surface area contributed by atoms with Gasteiger partial charge in [0.1, 0.15) is 6.10 Å². The molecule has 1 aromatic rings. The van der Waals surface area contributed by atoms with Gasteiger partial charge in [0.15, 0.2) is 5.78 Å². The minimum Gasteiger partial charge on any atom is -0.379 e. The molecule has 0 fully saturated rings. The average molecular weight is 278 g/mol. The van der Waals surface area contributed by atoms with E-state index in [1.165, 1.54) is 5.56 Å². The van der Waals surface area contributed by atoms with Gasteiger partial charge in [0, 0.05) is 12.2 Å². The van der Waals surface area contributed by atoms with Gasteiger partial charge in [-0.05, 0) is 43.9 Å². The molecule has 0 aromatic heterocycles. The second-order valence-corrected chi connectivity index (χ2v) is 5.65. The van der Waals surface area contributed by atoms with Crippen LogP contribution in [-0.4, -0.2) is 31.7 Å². The molecule has 3 nitrogen and oxygen atoms in total. The molecule has 0 amide bonds. The SMILES string of the molecule is Cc1ccc(C(=O)C(C)OCCOCC(C)C)cc1C. The van der Waals surface area contributed by atoms with Crippen molar-refractivity contribution in [2.75, 3.05) is 19.8 Å². The molecule has 3 heteroatoms. The van der Waals surface area contributed by atoms with Crippen molar-refractivity contribution < 1.29 is 14.3 Å². The summed E-state index contributed by atoms with van der Waals surface area (Å²) in [5.74, 6) is 0.543. The lowest BCUT2D eigenvalue weighted by Gasteiger charge is -2.13. The molecule has 0 aliphatic heterocycles. The van der Waals surface area contributed by atoms with Gasteiger partial charge in [0.25, 0.3) is 0 Å². The Hall–Kier alpha value is -1.19. The fourth-order valence-electron chi connectivity index (χ4n) is 1.81. The number of carbonyl (C=O) groups is 1. The van der Waals surface area contributed by atoms with Crippen molar-refractivity contribution >= 4 is 5.78 Å². The van der Waals surface area contributed by atoms with Crippen LogP contribution in [0, 0.1) is 19.8 Å². The Bertz CT molecular complexity index is 438. The number of ketones is 1. The number of aryl methyl sites for hydroxylation is 2. The van der Waals surface area contributed by atoms with Crippen LogP contribution >= 0.6 is 0 Å². The molecule has 0 bridgehead atoms. The van der Waals surface area contributed by atoms with E-state index in [1.54, 1.807) is 6.92 Å². The first-order valence-corrected chi connectivity index (χ1v) is 7.22. The number of carbonyl (C=O) groups excluding carboxylic acids is 1. The predicted molar refractivity (Wildman–Crippen MR) is 81.3 cm³/mol. The first kappa shape index (κ1) is 16.9. The van der Waals surface area contributed by atoms with Crippen LogP contribution < -0.4 is 0 Å². The Morgan fingerprint density at radius 3 is 2.40 bits per heavy atom. The highest BCUT2D eigenvalue weighted by atomic mass is 16.5. The highest BCUT2D eigenvalue weighted by molar-refractivity contribution is 5.99. The molecule has 0 radical (unpaired) electrons. The summed E-state index contributed by atoms with van der Waals surface area (Å²) >= 11 is 0. The van der Waals surface area contributed by atoms with E-state index in [2.05, 4.69) is 13.8 Å². The topological polar surface area (TPSA) is 35.5 Å². The van der Waals surface area contributed by atoms with Crippen molar-refractivity contribution in [3.63, 3.8) is 0 Å². The zero-order valence-electron chi connectivity index (χ0n) is 13.2. The maximum Gasteiger partial charge on any atom is 0.191 e. The Labute approximate surface area is 122 Å². The van der Waals surface area contributed by atoms with Gasteiger partial charge in [-0.3, -0.25) is 4.79 Å². The van der Waals surface area contributed by atoms with E-state index >= 15 is 0 Å². The summed E-state index contributed by atoms with van der Waals surface area (Å²) in [6.07, 6.45) is -0.431. The highest BCUT2D eigenvalue weighted by Crippen LogP contribution is 2.12. The average Bonchev–Trinajstić information content (AvgIpc) is 2.40. The van der Waals surface area contributed by atoms with Crippen LogP contribution in [0.2, 0.25) is 0 Å². The van der Waals surface area contributed by atoms with Crippen molar-refractivity contribution in [1.82, 2.24) is 0 Å². The van der Waals surface area contributed by atoms with Crippen LogP contribution in [-0.2, 0) is 9.47 Å². The second kappa shape index (κ2) is 8.18. The van der Waals surface area contributed by atoms with E-state index in [-0.39, 0.29) is 5.78 Å². The fourth-order valence-corrected chi connectivity index (χ4v) is 1.81. The van der Waals surface area contributed by atoms with E-state index in [4.69, 9.17) is 9.47 Å². The van der Waals surface area contributed by atoms with Gasteiger partial charge in [0.05, 0.1) is 13.2 Å². The molecule has 0 aliphatic carbocycles. The minimum atomic E-state index is -0.431. The summed E-state index contributed by atoms with van der Waals surface area (Å²) in [6.45, 7) is 11.8. The molecular formula is C17H26O3. The molecule has 1 unspecified atom stereocenters. The number of ether oxygens (including phenoxy) is 2. The smallest absolute Gasteiger partial charge is 0.191 e. The number of hydrogen-bond acceptors (Lipinski definition) is 3. The summed E-state index contributed by atoms with van der Waals surface area (Å²) < 4.78 is 11.0. The zero-order chi connectivity index (χ0) is 15.1. The van der Waals surface area contributed by atoms with Crippen molar-refractivity contribution in [2.24, 2.45) is 5.92 Å². The molecule has 0 spiro atoms. The predicted octanol–water partition coefficient (Wildman–Crippen LogP) is 3.56. The van der Waals surface area contributed by atoms with Crippen molar-refractivity contribution in [3.8, 4) is 0 Å². The maximum atomic E-state index is 12.2. The third-order valence-corrected chi connectivity index (χ3v) is 3.21. The molecule has 1 rings (SSSR count). The van der Waals surface area contributed by atoms with Gasteiger partial charge in [-0.1, -0.05) is 26.0 Å². The van der Waals surface area contributed by atoms with Crippen LogP contribution in [0.25, 0.3) is 0 Å². The van der Waals surface area contributed by atoms with Gasteiger partial charge in [0.2, 0.25) is 0 Å². The number of hydrogen-bond donors (Lipinski definition) is 0. The quantitative estimate of drug-likeness (QED) is 0.539. The van der Waals surface area contributed by atoms with Gasteiger partial charge in [-0.15, -0.1) is 0 Å². The third kappa shape index (κ3) is 5.43. The van der Waals surface area contributed by atoms with Crippen LogP contribution in [0.5, 0.6) is 0 Å². The molecular weight excluding hydrogens is 252 g/mol. The summed E-state index contributed by atoms with van der Waals surface area (Å²) in [6, 6.07) is 5.76. The summed E-state index contributed by atoms with van der Waals surface area (Å²) in [5, 5.41) is 0. The Morgan fingerprint density at radius 1 is 1.10 bits per heavy atom. The molecule has 0 heterocycles. The van der Waals surface area contributed by atoms with Crippen LogP contribution in [0.1, 0.15) is 42.3 Å². The van der Waals surface area contributed by atoms with E-state index in [0.717, 1.165) is 12.2 Å². The molecule has 1 atom stereocenters. The standard InChI is InChI=1S/C17H26O3/c1-12(2)11-19-8-9-20-15(5)17(18)16-7-6-13(3)14(4)10-16/h6-7,10,12,15H,8-9,11H2,1-5H3. The maximum absolute atomic E-state index is 12.2. The van der Waals surface area contributed by atoms with Gasteiger partial charge in [-0.2, -0.15) is 0 Å². The largest absolute Gasteiger partial charge is 0.379 e. The first-order valence-electron chi connectivity index (χ1n) is 7.22. The molecule has 0 saturated carbocycles. The van der Waals surface area contributed by atoms with E-state index in [1.807, 2.05) is 32.0 Å². The Balaban J connectivity index is 2.40. The van der Waals surface area contributed by atoms with Crippen LogP contribution in [0.4, 0.5) is 0 Å². The number of Topliss-reactive ketones (excluding diaryl/α,β-unsaturated/α-hetero) is 1. The summed E-state index contributed by atoms with van der Waals surface area (Å²) in [5.41, 5.74) is 3.03.